The number of hydrogen-bond acceptors (Lipinski definition) is 5. The summed E-state index contributed by atoms with van der Waals surface area (Å²) in [5, 5.41) is 1.50. The zero-order valence-electron chi connectivity index (χ0n) is 16.4. The number of ether oxygens (including phenoxy) is 1. The van der Waals surface area contributed by atoms with E-state index in [0.29, 0.717) is 36.2 Å². The van der Waals surface area contributed by atoms with Crippen molar-refractivity contribution in [1.82, 2.24) is 14.8 Å². The number of aromatic nitrogens is 1. The summed E-state index contributed by atoms with van der Waals surface area (Å²) in [6.07, 6.45) is 2.00. The van der Waals surface area contributed by atoms with Gasteiger partial charge in [-0.05, 0) is 37.5 Å². The molecule has 29 heavy (non-hydrogen) atoms. The quantitative estimate of drug-likeness (QED) is 0.825. The molecular weight excluding hydrogens is 392 g/mol. The average Bonchev–Trinajstić information content (AvgIpc) is 3.56. The Morgan fingerprint density at radius 1 is 1.28 bits per heavy atom. The van der Waals surface area contributed by atoms with Crippen LogP contribution in [0.15, 0.2) is 24.3 Å². The minimum Gasteiger partial charge on any atom is -0.449 e. The third-order valence-electron chi connectivity index (χ3n) is 5.39. The molecule has 0 radical (unpaired) electrons. The molecule has 2 aromatic rings. The van der Waals surface area contributed by atoms with E-state index in [0.717, 1.165) is 35.9 Å². The Kier molecular flexibility index (Phi) is 5.61. The number of rotatable bonds is 4. The highest BCUT2D eigenvalue weighted by Gasteiger charge is 2.32. The Morgan fingerprint density at radius 2 is 2.07 bits per heavy atom. The third kappa shape index (κ3) is 4.16. The van der Waals surface area contributed by atoms with Gasteiger partial charge in [-0.25, -0.2) is 4.79 Å². The molecular formula is C21H25ClN4O3. The summed E-state index contributed by atoms with van der Waals surface area (Å²) in [5.74, 6) is 0.355. The van der Waals surface area contributed by atoms with Crippen molar-refractivity contribution in [1.29, 1.82) is 0 Å². The lowest BCUT2D eigenvalue weighted by Gasteiger charge is -2.38. The Bertz CT molecular complexity index is 947. The average molecular weight is 417 g/mol. The van der Waals surface area contributed by atoms with Gasteiger partial charge in [0.15, 0.2) is 0 Å². The number of hydrogen-bond donors (Lipinski definition) is 1. The minimum atomic E-state index is -0.591. The Hall–Kier alpha value is -2.38. The molecule has 1 atom stereocenters. The maximum Gasteiger partial charge on any atom is 0.411 e. The van der Waals surface area contributed by atoms with Crippen LogP contribution in [0.5, 0.6) is 0 Å². The van der Waals surface area contributed by atoms with Crippen molar-refractivity contribution in [2.45, 2.75) is 38.3 Å². The summed E-state index contributed by atoms with van der Waals surface area (Å²) in [6.45, 7) is 3.30. The van der Waals surface area contributed by atoms with Gasteiger partial charge < -0.3 is 15.4 Å². The Balaban J connectivity index is 1.49. The van der Waals surface area contributed by atoms with E-state index in [9.17, 15) is 9.59 Å². The first kappa shape index (κ1) is 19.9. The molecule has 0 unspecified atom stereocenters. The van der Waals surface area contributed by atoms with E-state index in [1.54, 1.807) is 17.0 Å². The summed E-state index contributed by atoms with van der Waals surface area (Å²) < 4.78 is 5.16. The highest BCUT2D eigenvalue weighted by molar-refractivity contribution is 6.35. The minimum absolute atomic E-state index is 0.126. The number of pyridine rings is 1. The molecule has 2 amide bonds. The smallest absolute Gasteiger partial charge is 0.411 e. The van der Waals surface area contributed by atoms with Crippen molar-refractivity contribution >= 4 is 34.5 Å². The van der Waals surface area contributed by atoms with Crippen LogP contribution >= 0.6 is 11.6 Å². The molecule has 1 aromatic heterocycles. The Labute approximate surface area is 174 Å². The monoisotopic (exact) mass is 416 g/mol. The first-order chi connectivity index (χ1) is 14.0. The zero-order valence-corrected chi connectivity index (χ0v) is 17.2. The van der Waals surface area contributed by atoms with Gasteiger partial charge in [0.05, 0.1) is 23.7 Å². The second-order valence-corrected chi connectivity index (χ2v) is 8.07. The number of nitrogens with zero attached hydrogens (tertiary/aromatic N) is 3. The molecule has 4 rings (SSSR count). The predicted octanol–water partition coefficient (Wildman–Crippen LogP) is 3.35. The van der Waals surface area contributed by atoms with E-state index in [-0.39, 0.29) is 12.5 Å². The highest BCUT2D eigenvalue weighted by Crippen LogP contribution is 2.41. The van der Waals surface area contributed by atoms with Crippen LogP contribution in [-0.4, -0.2) is 59.2 Å². The number of benzene rings is 1. The number of halogens is 1. The molecule has 1 saturated carbocycles. The molecule has 1 aromatic carbocycles. The van der Waals surface area contributed by atoms with Crippen molar-refractivity contribution < 1.29 is 14.3 Å². The van der Waals surface area contributed by atoms with Crippen molar-refractivity contribution in [3.63, 3.8) is 0 Å². The molecule has 2 heterocycles. The molecule has 0 spiro atoms. The van der Waals surface area contributed by atoms with E-state index in [1.807, 2.05) is 19.1 Å². The topological polar surface area (TPSA) is 88.8 Å². The number of fused-ring (bicyclic) bond motifs is 1. The SMILES string of the molecule is CCCOC(=O)N1CCN(C(=O)c2ccc3c(Cl)cc(C4CC4)nc3c2)C[C@H]1N. The van der Waals surface area contributed by atoms with Gasteiger partial charge in [-0.3, -0.25) is 14.7 Å². The predicted molar refractivity (Wildman–Crippen MR) is 111 cm³/mol. The van der Waals surface area contributed by atoms with Gasteiger partial charge in [-0.2, -0.15) is 0 Å². The van der Waals surface area contributed by atoms with Crippen LogP contribution in [0.2, 0.25) is 5.02 Å². The maximum absolute atomic E-state index is 13.0. The summed E-state index contributed by atoms with van der Waals surface area (Å²) in [5.41, 5.74) is 8.40. The van der Waals surface area contributed by atoms with Crippen molar-refractivity contribution in [2.24, 2.45) is 5.73 Å². The normalized spacial score (nSPS) is 19.5. The van der Waals surface area contributed by atoms with Crippen LogP contribution in [0.4, 0.5) is 4.79 Å². The maximum atomic E-state index is 13.0. The summed E-state index contributed by atoms with van der Waals surface area (Å²) in [7, 11) is 0. The second kappa shape index (κ2) is 8.16. The van der Waals surface area contributed by atoms with Crippen LogP contribution in [-0.2, 0) is 4.74 Å². The fraction of sp³-hybridized carbons (Fsp3) is 0.476. The van der Waals surface area contributed by atoms with Gasteiger partial charge in [0, 0.05) is 35.7 Å². The van der Waals surface area contributed by atoms with E-state index in [2.05, 4.69) is 0 Å². The first-order valence-electron chi connectivity index (χ1n) is 10.1. The van der Waals surface area contributed by atoms with E-state index < -0.39 is 12.3 Å². The molecule has 8 heteroatoms. The molecule has 7 nitrogen and oxygen atoms in total. The van der Waals surface area contributed by atoms with Crippen LogP contribution < -0.4 is 5.73 Å². The number of piperazine rings is 1. The molecule has 1 aliphatic heterocycles. The van der Waals surface area contributed by atoms with Gasteiger partial charge in [-0.1, -0.05) is 24.6 Å². The van der Waals surface area contributed by atoms with Crippen LogP contribution in [0, 0.1) is 0 Å². The van der Waals surface area contributed by atoms with E-state index in [4.69, 9.17) is 27.1 Å². The van der Waals surface area contributed by atoms with E-state index >= 15 is 0 Å². The van der Waals surface area contributed by atoms with Crippen LogP contribution in [0.25, 0.3) is 10.9 Å². The largest absolute Gasteiger partial charge is 0.449 e. The van der Waals surface area contributed by atoms with Crippen LogP contribution in [0.3, 0.4) is 0 Å². The molecule has 2 fully saturated rings. The fourth-order valence-corrected chi connectivity index (χ4v) is 3.87. The lowest BCUT2D eigenvalue weighted by Crippen LogP contribution is -2.60. The standard InChI is InChI=1S/C21H25ClN4O3/c1-2-9-29-21(28)26-8-7-25(12-19(26)23)20(27)14-5-6-15-16(22)11-17(13-3-4-13)24-18(15)10-14/h5-6,10-11,13,19H,2-4,7-9,12,23H2,1H3/t19-/m0/s1. The third-order valence-corrected chi connectivity index (χ3v) is 5.70. The molecule has 0 bridgehead atoms. The van der Waals surface area contributed by atoms with Crippen molar-refractivity contribution in [3.8, 4) is 0 Å². The van der Waals surface area contributed by atoms with Gasteiger partial charge >= 0.3 is 6.09 Å². The van der Waals surface area contributed by atoms with Gasteiger partial charge in [0.2, 0.25) is 0 Å². The number of nitrogens with two attached hydrogens (primary N) is 1. The fourth-order valence-electron chi connectivity index (χ4n) is 3.60. The van der Waals surface area contributed by atoms with Gasteiger partial charge in [0.25, 0.3) is 5.91 Å². The first-order valence-corrected chi connectivity index (χ1v) is 10.4. The number of carbonyl (C=O) groups excluding carboxylic acids is 2. The molecule has 2 N–H and O–H groups in total. The zero-order chi connectivity index (χ0) is 20.5. The molecule has 2 aliphatic rings. The molecule has 1 aliphatic carbocycles. The number of carbonyl (C=O) groups is 2. The van der Waals surface area contributed by atoms with Gasteiger partial charge in [-0.15, -0.1) is 0 Å². The Morgan fingerprint density at radius 3 is 2.76 bits per heavy atom. The van der Waals surface area contributed by atoms with E-state index in [1.165, 1.54) is 4.90 Å². The molecule has 154 valence electrons. The number of amides is 2. The van der Waals surface area contributed by atoms with Crippen molar-refractivity contribution in [2.75, 3.05) is 26.2 Å². The lowest BCUT2D eigenvalue weighted by atomic mass is 10.1. The van der Waals surface area contributed by atoms with Crippen molar-refractivity contribution in [3.05, 3.63) is 40.5 Å². The summed E-state index contributed by atoms with van der Waals surface area (Å²) >= 11 is 6.41. The highest BCUT2D eigenvalue weighted by atomic mass is 35.5. The summed E-state index contributed by atoms with van der Waals surface area (Å²) in [4.78, 5) is 33.0. The second-order valence-electron chi connectivity index (χ2n) is 7.66. The van der Waals surface area contributed by atoms with Crippen LogP contribution in [0.1, 0.15) is 48.2 Å². The summed E-state index contributed by atoms with van der Waals surface area (Å²) in [6, 6.07) is 7.33. The lowest BCUT2D eigenvalue weighted by molar-refractivity contribution is 0.0390. The van der Waals surface area contributed by atoms with Gasteiger partial charge in [0.1, 0.15) is 6.17 Å². The molecule has 1 saturated heterocycles.